The second-order valence-electron chi connectivity index (χ2n) is 7.15. The molecule has 0 aliphatic heterocycles. The highest BCUT2D eigenvalue weighted by Gasteiger charge is 2.51. The third-order valence-corrected chi connectivity index (χ3v) is 6.05. The Hall–Kier alpha value is -1.56. The zero-order valence-electron chi connectivity index (χ0n) is 13.5. The molecule has 0 heterocycles. The van der Waals surface area contributed by atoms with Gasteiger partial charge in [-0.3, -0.25) is 0 Å². The van der Waals surface area contributed by atoms with Gasteiger partial charge in [0.15, 0.2) is 0 Å². The Morgan fingerprint density at radius 2 is 1.29 bits per heavy atom. The summed E-state index contributed by atoms with van der Waals surface area (Å²) in [6.07, 6.45) is 3.90. The molecule has 0 saturated heterocycles. The monoisotopic (exact) mass is 278 g/mol. The molecule has 0 nitrogen and oxygen atoms in total. The molecule has 1 aliphatic carbocycles. The maximum absolute atomic E-state index is 2.47. The molecular formula is C21H26. The molecule has 1 saturated carbocycles. The molecule has 21 heavy (non-hydrogen) atoms. The molecule has 2 aromatic rings. The fourth-order valence-electron chi connectivity index (χ4n) is 4.42. The summed E-state index contributed by atoms with van der Waals surface area (Å²) in [4.78, 5) is 0. The highest BCUT2D eigenvalue weighted by Crippen LogP contribution is 2.57. The maximum atomic E-state index is 2.47. The first-order valence-electron chi connectivity index (χ1n) is 8.20. The Labute approximate surface area is 129 Å². The van der Waals surface area contributed by atoms with Crippen LogP contribution in [0.15, 0.2) is 60.7 Å². The summed E-state index contributed by atoms with van der Waals surface area (Å²) in [5.74, 6) is 0.728. The van der Waals surface area contributed by atoms with Gasteiger partial charge in [-0.1, -0.05) is 94.3 Å². The van der Waals surface area contributed by atoms with Gasteiger partial charge in [-0.25, -0.2) is 0 Å². The summed E-state index contributed by atoms with van der Waals surface area (Å²) >= 11 is 0. The second kappa shape index (κ2) is 5.33. The first-order chi connectivity index (χ1) is 10.1. The van der Waals surface area contributed by atoms with Gasteiger partial charge in [-0.05, 0) is 28.9 Å². The fourth-order valence-corrected chi connectivity index (χ4v) is 4.42. The summed E-state index contributed by atoms with van der Waals surface area (Å²) in [6.45, 7) is 7.37. The van der Waals surface area contributed by atoms with Crippen LogP contribution in [0.1, 0.15) is 51.2 Å². The van der Waals surface area contributed by atoms with Crippen LogP contribution >= 0.6 is 0 Å². The third kappa shape index (κ3) is 2.12. The zero-order valence-corrected chi connectivity index (χ0v) is 13.5. The molecule has 1 aliphatic rings. The van der Waals surface area contributed by atoms with Crippen LogP contribution in [0.3, 0.4) is 0 Å². The Balaban J connectivity index is 2.25. The van der Waals surface area contributed by atoms with E-state index in [4.69, 9.17) is 0 Å². The van der Waals surface area contributed by atoms with E-state index < -0.39 is 0 Å². The van der Waals surface area contributed by atoms with Crippen molar-refractivity contribution in [3.63, 3.8) is 0 Å². The van der Waals surface area contributed by atoms with Gasteiger partial charge in [0.25, 0.3) is 0 Å². The van der Waals surface area contributed by atoms with Crippen molar-refractivity contribution in [2.75, 3.05) is 0 Å². The van der Waals surface area contributed by atoms with Crippen LogP contribution in [-0.4, -0.2) is 0 Å². The Bertz CT molecular complexity index is 540. The van der Waals surface area contributed by atoms with Gasteiger partial charge < -0.3 is 0 Å². The first-order valence-corrected chi connectivity index (χ1v) is 8.20. The first kappa shape index (κ1) is 14.4. The van der Waals surface area contributed by atoms with Crippen molar-refractivity contribution in [3.05, 3.63) is 71.8 Å². The second-order valence-corrected chi connectivity index (χ2v) is 7.15. The van der Waals surface area contributed by atoms with Gasteiger partial charge >= 0.3 is 0 Å². The predicted octanol–water partition coefficient (Wildman–Crippen LogP) is 5.82. The molecule has 0 bridgehead atoms. The van der Waals surface area contributed by atoms with Crippen LogP contribution in [-0.2, 0) is 5.41 Å². The maximum Gasteiger partial charge on any atom is 0.0256 e. The summed E-state index contributed by atoms with van der Waals surface area (Å²) in [6, 6.07) is 22.3. The van der Waals surface area contributed by atoms with E-state index in [1.165, 1.54) is 30.4 Å². The van der Waals surface area contributed by atoms with Crippen LogP contribution < -0.4 is 0 Å². The van der Waals surface area contributed by atoms with E-state index in [1.54, 1.807) is 0 Å². The number of rotatable bonds is 2. The van der Waals surface area contributed by atoms with Gasteiger partial charge in [-0.2, -0.15) is 0 Å². The van der Waals surface area contributed by atoms with Crippen molar-refractivity contribution < 1.29 is 0 Å². The van der Waals surface area contributed by atoms with Crippen molar-refractivity contribution in [1.82, 2.24) is 0 Å². The summed E-state index contributed by atoms with van der Waals surface area (Å²) in [5.41, 5.74) is 3.35. The highest BCUT2D eigenvalue weighted by atomic mass is 14.5. The minimum atomic E-state index is 0.132. The van der Waals surface area contributed by atoms with Gasteiger partial charge in [0.1, 0.15) is 0 Å². The van der Waals surface area contributed by atoms with Gasteiger partial charge in [0.05, 0.1) is 0 Å². The Morgan fingerprint density at radius 1 is 0.810 bits per heavy atom. The number of hydrogen-bond donors (Lipinski definition) is 0. The largest absolute Gasteiger partial charge is 0.0622 e. The van der Waals surface area contributed by atoms with Gasteiger partial charge in [0.2, 0.25) is 0 Å². The molecule has 1 atom stereocenters. The van der Waals surface area contributed by atoms with E-state index >= 15 is 0 Å². The topological polar surface area (TPSA) is 0 Å². The van der Waals surface area contributed by atoms with E-state index in [0.717, 1.165) is 5.92 Å². The minimum Gasteiger partial charge on any atom is -0.0622 e. The normalized spacial score (nSPS) is 23.7. The van der Waals surface area contributed by atoms with Crippen LogP contribution in [0.5, 0.6) is 0 Å². The van der Waals surface area contributed by atoms with Crippen molar-refractivity contribution in [2.24, 2.45) is 11.3 Å². The van der Waals surface area contributed by atoms with Crippen LogP contribution in [0.25, 0.3) is 0 Å². The lowest BCUT2D eigenvalue weighted by Crippen LogP contribution is -2.49. The van der Waals surface area contributed by atoms with E-state index in [2.05, 4.69) is 81.4 Å². The quantitative estimate of drug-likeness (QED) is 0.649. The summed E-state index contributed by atoms with van der Waals surface area (Å²) in [5, 5.41) is 0. The smallest absolute Gasteiger partial charge is 0.0256 e. The van der Waals surface area contributed by atoms with Crippen LogP contribution in [0, 0.1) is 11.3 Å². The average Bonchev–Trinajstić information content (AvgIpc) is 2.52. The highest BCUT2D eigenvalue weighted by molar-refractivity contribution is 5.43. The average molecular weight is 278 g/mol. The molecule has 2 aromatic carbocycles. The van der Waals surface area contributed by atoms with Crippen molar-refractivity contribution in [3.8, 4) is 0 Å². The standard InChI is InChI=1S/C21H26/c1-17-11-10-16-21(20(17,2)3,18-12-6-4-7-13-18)19-14-8-5-9-15-19/h4-9,12-15,17H,10-11,16H2,1-3H3. The van der Waals surface area contributed by atoms with Crippen molar-refractivity contribution >= 4 is 0 Å². The molecule has 0 spiro atoms. The SMILES string of the molecule is CC1CCCC(c2ccccc2)(c2ccccc2)C1(C)C. The molecule has 1 fully saturated rings. The van der Waals surface area contributed by atoms with E-state index in [-0.39, 0.29) is 10.8 Å². The van der Waals surface area contributed by atoms with Gasteiger partial charge in [0, 0.05) is 5.41 Å². The van der Waals surface area contributed by atoms with Crippen molar-refractivity contribution in [2.45, 2.75) is 45.4 Å². The molecule has 0 heteroatoms. The Morgan fingerprint density at radius 3 is 1.76 bits per heavy atom. The van der Waals surface area contributed by atoms with E-state index in [0.29, 0.717) is 0 Å². The number of hydrogen-bond acceptors (Lipinski definition) is 0. The van der Waals surface area contributed by atoms with Crippen LogP contribution in [0.4, 0.5) is 0 Å². The van der Waals surface area contributed by atoms with Crippen LogP contribution in [0.2, 0.25) is 0 Å². The molecule has 3 rings (SSSR count). The molecule has 110 valence electrons. The molecule has 0 aromatic heterocycles. The molecular weight excluding hydrogens is 252 g/mol. The number of benzene rings is 2. The summed E-state index contributed by atoms with van der Waals surface area (Å²) < 4.78 is 0. The lowest BCUT2D eigenvalue weighted by molar-refractivity contribution is 0.0627. The van der Waals surface area contributed by atoms with E-state index in [1.807, 2.05) is 0 Å². The molecule has 0 N–H and O–H groups in total. The fraction of sp³-hybridized carbons (Fsp3) is 0.429. The van der Waals surface area contributed by atoms with Crippen molar-refractivity contribution in [1.29, 1.82) is 0 Å². The molecule has 1 unspecified atom stereocenters. The predicted molar refractivity (Wildman–Crippen MR) is 90.5 cm³/mol. The van der Waals surface area contributed by atoms with Gasteiger partial charge in [-0.15, -0.1) is 0 Å². The third-order valence-electron chi connectivity index (χ3n) is 6.05. The van der Waals surface area contributed by atoms with E-state index in [9.17, 15) is 0 Å². The molecule has 0 radical (unpaired) electrons. The summed E-state index contributed by atoms with van der Waals surface area (Å²) in [7, 11) is 0. The lowest BCUT2D eigenvalue weighted by atomic mass is 9.49. The minimum absolute atomic E-state index is 0.132. The molecule has 0 amide bonds. The zero-order chi connectivity index (χ0) is 14.9. The Kier molecular flexibility index (Phi) is 3.65. The lowest BCUT2D eigenvalue weighted by Gasteiger charge is -2.55.